The minimum atomic E-state index is -0.582. The summed E-state index contributed by atoms with van der Waals surface area (Å²) >= 11 is 5.97. The molecule has 0 spiro atoms. The summed E-state index contributed by atoms with van der Waals surface area (Å²) in [5.74, 6) is 0.221. The van der Waals surface area contributed by atoms with Crippen molar-refractivity contribution in [3.05, 3.63) is 69.9 Å². The first-order chi connectivity index (χ1) is 14.4. The lowest BCUT2D eigenvalue weighted by atomic mass is 10.0. The molecular weight excluding hydrogens is 406 g/mol. The summed E-state index contributed by atoms with van der Waals surface area (Å²) in [5.41, 5.74) is 2.23. The molecule has 0 saturated carbocycles. The summed E-state index contributed by atoms with van der Waals surface area (Å²) in [7, 11) is 2.83. The van der Waals surface area contributed by atoms with Gasteiger partial charge in [0.15, 0.2) is 11.5 Å². The predicted molar refractivity (Wildman–Crippen MR) is 116 cm³/mol. The number of carbonyl (C=O) groups is 2. The Bertz CT molecular complexity index is 1040. The monoisotopic (exact) mass is 427 g/mol. The third-order valence-electron chi connectivity index (χ3n) is 4.67. The van der Waals surface area contributed by atoms with Gasteiger partial charge >= 0.3 is 5.97 Å². The molecule has 30 heavy (non-hydrogen) atoms. The molecule has 1 aliphatic rings. The number of halogens is 1. The molecule has 1 aliphatic heterocycles. The van der Waals surface area contributed by atoms with Crippen LogP contribution in [0, 0.1) is 0 Å². The van der Waals surface area contributed by atoms with Gasteiger partial charge in [0, 0.05) is 16.4 Å². The summed E-state index contributed by atoms with van der Waals surface area (Å²) in [4.78, 5) is 27.3. The average molecular weight is 428 g/mol. The van der Waals surface area contributed by atoms with E-state index in [-0.39, 0.29) is 17.1 Å². The Kier molecular flexibility index (Phi) is 6.47. The molecule has 2 aromatic carbocycles. The SMILES string of the molecule is CCOc1ccc(/C=C2\C(=O)N(c3ccc(Cl)cc3)C(C)=C2C(=O)OC)cc1OC. The van der Waals surface area contributed by atoms with Crippen LogP contribution in [0.15, 0.2) is 59.3 Å². The topological polar surface area (TPSA) is 65.1 Å². The lowest BCUT2D eigenvalue weighted by Crippen LogP contribution is -2.24. The highest BCUT2D eigenvalue weighted by Gasteiger charge is 2.37. The van der Waals surface area contributed by atoms with Crippen LogP contribution in [-0.4, -0.2) is 32.7 Å². The minimum Gasteiger partial charge on any atom is -0.493 e. The summed E-state index contributed by atoms with van der Waals surface area (Å²) in [6.07, 6.45) is 1.65. The number of benzene rings is 2. The van der Waals surface area contributed by atoms with Gasteiger partial charge in [0.1, 0.15) is 0 Å². The van der Waals surface area contributed by atoms with Crippen molar-refractivity contribution in [2.45, 2.75) is 13.8 Å². The molecule has 2 aromatic rings. The maximum absolute atomic E-state index is 13.3. The number of methoxy groups -OCH3 is 2. The van der Waals surface area contributed by atoms with E-state index in [1.54, 1.807) is 62.6 Å². The van der Waals surface area contributed by atoms with Crippen LogP contribution in [0.25, 0.3) is 6.08 Å². The van der Waals surface area contributed by atoms with E-state index in [9.17, 15) is 9.59 Å². The zero-order valence-electron chi connectivity index (χ0n) is 17.2. The Labute approximate surface area is 180 Å². The molecule has 7 heteroatoms. The third kappa shape index (κ3) is 4.04. The second-order valence-electron chi connectivity index (χ2n) is 6.47. The Morgan fingerprint density at radius 3 is 2.40 bits per heavy atom. The number of amides is 1. The molecule has 0 bridgehead atoms. The number of allylic oxidation sites excluding steroid dienone is 1. The molecule has 3 rings (SSSR count). The molecule has 1 heterocycles. The second-order valence-corrected chi connectivity index (χ2v) is 6.91. The van der Waals surface area contributed by atoms with Gasteiger partial charge in [-0.2, -0.15) is 0 Å². The fourth-order valence-electron chi connectivity index (χ4n) is 3.30. The van der Waals surface area contributed by atoms with Gasteiger partial charge in [-0.05, 0) is 61.9 Å². The number of anilines is 1. The molecule has 6 nitrogen and oxygen atoms in total. The van der Waals surface area contributed by atoms with Crippen molar-refractivity contribution in [3.63, 3.8) is 0 Å². The van der Waals surface area contributed by atoms with Gasteiger partial charge in [0.05, 0.1) is 32.0 Å². The lowest BCUT2D eigenvalue weighted by molar-refractivity contribution is -0.136. The van der Waals surface area contributed by atoms with Crippen molar-refractivity contribution in [2.75, 3.05) is 25.7 Å². The number of rotatable bonds is 6. The molecule has 156 valence electrons. The van der Waals surface area contributed by atoms with E-state index >= 15 is 0 Å². The molecular formula is C23H22ClNO5. The Balaban J connectivity index is 2.09. The van der Waals surface area contributed by atoms with Crippen LogP contribution in [0.2, 0.25) is 5.02 Å². The fraction of sp³-hybridized carbons (Fsp3) is 0.217. The Hall–Kier alpha value is -3.25. The summed E-state index contributed by atoms with van der Waals surface area (Å²) in [6, 6.07) is 12.1. The smallest absolute Gasteiger partial charge is 0.340 e. The van der Waals surface area contributed by atoms with Gasteiger partial charge in [0.2, 0.25) is 0 Å². The summed E-state index contributed by atoms with van der Waals surface area (Å²) in [5, 5.41) is 0.553. The van der Waals surface area contributed by atoms with Crippen LogP contribution in [0.5, 0.6) is 11.5 Å². The van der Waals surface area contributed by atoms with Gasteiger partial charge in [-0.1, -0.05) is 17.7 Å². The van der Waals surface area contributed by atoms with Gasteiger partial charge in [-0.25, -0.2) is 4.79 Å². The van der Waals surface area contributed by atoms with E-state index < -0.39 is 5.97 Å². The van der Waals surface area contributed by atoms with Crippen LogP contribution >= 0.6 is 11.6 Å². The first kappa shape index (κ1) is 21.5. The van der Waals surface area contributed by atoms with Crippen LogP contribution in [-0.2, 0) is 14.3 Å². The van der Waals surface area contributed by atoms with Gasteiger partial charge in [-0.3, -0.25) is 9.69 Å². The number of hydrogen-bond donors (Lipinski definition) is 0. The highest BCUT2D eigenvalue weighted by molar-refractivity contribution is 6.30. The molecule has 0 aromatic heterocycles. The molecule has 0 unspecified atom stereocenters. The standard InChI is InChI=1S/C23H22ClNO5/c1-5-30-19-11-6-15(13-20(19)28-3)12-18-21(23(27)29-4)14(2)25(22(18)26)17-9-7-16(24)8-10-17/h6-13H,5H2,1-4H3/b18-12-. The number of esters is 1. The molecule has 0 atom stereocenters. The molecule has 0 radical (unpaired) electrons. The first-order valence-electron chi connectivity index (χ1n) is 9.33. The van der Waals surface area contributed by atoms with Crippen molar-refractivity contribution >= 4 is 35.2 Å². The molecule has 1 amide bonds. The van der Waals surface area contributed by atoms with E-state index in [1.165, 1.54) is 12.0 Å². The maximum Gasteiger partial charge on any atom is 0.340 e. The van der Waals surface area contributed by atoms with Crippen molar-refractivity contribution in [2.24, 2.45) is 0 Å². The van der Waals surface area contributed by atoms with Crippen LogP contribution in [0.1, 0.15) is 19.4 Å². The predicted octanol–water partition coefficient (Wildman–Crippen LogP) is 4.62. The first-order valence-corrected chi connectivity index (χ1v) is 9.71. The highest BCUT2D eigenvalue weighted by atomic mass is 35.5. The van der Waals surface area contributed by atoms with Gasteiger partial charge in [-0.15, -0.1) is 0 Å². The van der Waals surface area contributed by atoms with E-state index in [4.69, 9.17) is 25.8 Å². The van der Waals surface area contributed by atoms with Gasteiger partial charge in [0.25, 0.3) is 5.91 Å². The lowest BCUT2D eigenvalue weighted by Gasteiger charge is -2.18. The van der Waals surface area contributed by atoms with E-state index in [1.807, 2.05) is 6.92 Å². The second kappa shape index (κ2) is 9.05. The summed E-state index contributed by atoms with van der Waals surface area (Å²) in [6.45, 7) is 4.09. The van der Waals surface area contributed by atoms with E-state index in [0.717, 1.165) is 0 Å². The van der Waals surface area contributed by atoms with Gasteiger partial charge < -0.3 is 14.2 Å². The number of ether oxygens (including phenoxy) is 3. The number of carbonyl (C=O) groups excluding carboxylic acids is 2. The van der Waals surface area contributed by atoms with Crippen molar-refractivity contribution < 1.29 is 23.8 Å². The van der Waals surface area contributed by atoms with Crippen molar-refractivity contribution in [3.8, 4) is 11.5 Å². The molecule has 0 N–H and O–H groups in total. The van der Waals surface area contributed by atoms with E-state index in [2.05, 4.69) is 0 Å². The van der Waals surface area contributed by atoms with E-state index in [0.29, 0.717) is 40.1 Å². The van der Waals surface area contributed by atoms with Crippen molar-refractivity contribution in [1.82, 2.24) is 0 Å². The Morgan fingerprint density at radius 1 is 1.10 bits per heavy atom. The highest BCUT2D eigenvalue weighted by Crippen LogP contribution is 2.37. The largest absolute Gasteiger partial charge is 0.493 e. The normalized spacial score (nSPS) is 15.0. The zero-order chi connectivity index (χ0) is 21.8. The van der Waals surface area contributed by atoms with Crippen LogP contribution < -0.4 is 14.4 Å². The number of hydrogen-bond acceptors (Lipinski definition) is 5. The molecule has 0 aliphatic carbocycles. The quantitative estimate of drug-likeness (QED) is 0.497. The average Bonchev–Trinajstić information content (AvgIpc) is 2.99. The van der Waals surface area contributed by atoms with Crippen molar-refractivity contribution in [1.29, 1.82) is 0 Å². The van der Waals surface area contributed by atoms with Crippen LogP contribution in [0.3, 0.4) is 0 Å². The molecule has 0 fully saturated rings. The third-order valence-corrected chi connectivity index (χ3v) is 4.92. The maximum atomic E-state index is 13.3. The Morgan fingerprint density at radius 2 is 1.80 bits per heavy atom. The number of nitrogens with zero attached hydrogens (tertiary/aromatic N) is 1. The van der Waals surface area contributed by atoms with Crippen LogP contribution in [0.4, 0.5) is 5.69 Å². The summed E-state index contributed by atoms with van der Waals surface area (Å²) < 4.78 is 15.9. The minimum absolute atomic E-state index is 0.213. The fourth-order valence-corrected chi connectivity index (χ4v) is 3.42. The molecule has 0 saturated heterocycles. The zero-order valence-corrected chi connectivity index (χ0v) is 17.9.